The molecule has 2 N–H and O–H groups in total. The first kappa shape index (κ1) is 15.6. The fourth-order valence-electron chi connectivity index (χ4n) is 2.78. The Kier molecular flexibility index (Phi) is 4.98. The molecule has 0 spiro atoms. The van der Waals surface area contributed by atoms with Crippen LogP contribution in [0.2, 0.25) is 0 Å². The van der Waals surface area contributed by atoms with Gasteiger partial charge in [0.25, 0.3) is 0 Å². The van der Waals surface area contributed by atoms with E-state index < -0.39 is 11.6 Å². The molecule has 1 aliphatic heterocycles. The quantitative estimate of drug-likeness (QED) is 0.834. The molecule has 1 aliphatic rings. The number of nitrogens with one attached hydrogen (secondary N) is 2. The third-order valence-corrected chi connectivity index (χ3v) is 4.10. The van der Waals surface area contributed by atoms with Crippen molar-refractivity contribution in [1.82, 2.24) is 0 Å². The highest BCUT2D eigenvalue weighted by atomic mass is 19.1. The van der Waals surface area contributed by atoms with Crippen LogP contribution in [0.15, 0.2) is 53.6 Å². The van der Waals surface area contributed by atoms with Crippen LogP contribution < -0.4 is 10.3 Å². The minimum Gasteiger partial charge on any atom is -0.331 e. The average Bonchev–Trinajstić information content (AvgIpc) is 2.56. The minimum absolute atomic E-state index is 0.206. The number of halogens is 2. The number of rotatable bonds is 4. The Labute approximate surface area is 134 Å². The highest BCUT2D eigenvalue weighted by Crippen LogP contribution is 2.15. The first-order valence-corrected chi connectivity index (χ1v) is 7.85. The van der Waals surface area contributed by atoms with Gasteiger partial charge in [-0.2, -0.15) is 5.10 Å². The summed E-state index contributed by atoms with van der Waals surface area (Å²) in [6.45, 7) is 3.05. The van der Waals surface area contributed by atoms with Gasteiger partial charge in [0.1, 0.15) is 12.4 Å². The van der Waals surface area contributed by atoms with Crippen molar-refractivity contribution in [2.24, 2.45) is 5.10 Å². The van der Waals surface area contributed by atoms with Gasteiger partial charge in [-0.3, -0.25) is 5.43 Å². The summed E-state index contributed by atoms with van der Waals surface area (Å²) in [5.74, 6) is -1.21. The molecule has 0 bridgehead atoms. The number of anilines is 1. The predicted molar refractivity (Wildman–Crippen MR) is 87.5 cm³/mol. The maximum Gasteiger partial charge on any atom is 0.151 e. The lowest BCUT2D eigenvalue weighted by Crippen LogP contribution is -3.11. The molecule has 3 rings (SSSR count). The summed E-state index contributed by atoms with van der Waals surface area (Å²) in [4.78, 5) is 1.53. The maximum absolute atomic E-state index is 13.5. The van der Waals surface area contributed by atoms with E-state index in [1.54, 1.807) is 0 Å². The molecule has 0 amide bonds. The molecule has 0 radical (unpaired) electrons. The number of quaternary nitrogens is 1. The monoisotopic (exact) mass is 316 g/mol. The van der Waals surface area contributed by atoms with Crippen LogP contribution >= 0.6 is 0 Å². The molecule has 0 saturated carbocycles. The summed E-state index contributed by atoms with van der Waals surface area (Å²) in [5.41, 5.74) is 5.29. The van der Waals surface area contributed by atoms with E-state index in [1.807, 2.05) is 6.07 Å². The lowest BCUT2D eigenvalue weighted by molar-refractivity contribution is -0.914. The van der Waals surface area contributed by atoms with Gasteiger partial charge in [0.2, 0.25) is 0 Å². The van der Waals surface area contributed by atoms with E-state index in [9.17, 15) is 8.78 Å². The zero-order valence-corrected chi connectivity index (χ0v) is 12.9. The molecule has 1 heterocycles. The summed E-state index contributed by atoms with van der Waals surface area (Å²) in [6.07, 6.45) is 1.77. The smallest absolute Gasteiger partial charge is 0.151 e. The van der Waals surface area contributed by atoms with Gasteiger partial charge in [-0.15, -0.1) is 0 Å². The van der Waals surface area contributed by atoms with Crippen molar-refractivity contribution < 1.29 is 13.7 Å². The van der Waals surface area contributed by atoms with Gasteiger partial charge in [-0.25, -0.2) is 8.78 Å². The van der Waals surface area contributed by atoms with Crippen LogP contribution in [-0.2, 0) is 6.54 Å². The van der Waals surface area contributed by atoms with Crippen LogP contribution in [0.25, 0.3) is 0 Å². The van der Waals surface area contributed by atoms with Gasteiger partial charge < -0.3 is 4.90 Å². The van der Waals surface area contributed by atoms with Crippen LogP contribution in [-0.4, -0.2) is 18.8 Å². The number of piperidine rings is 1. The zero-order valence-electron chi connectivity index (χ0n) is 12.9. The molecule has 0 aromatic heterocycles. The van der Waals surface area contributed by atoms with Gasteiger partial charge in [-0.1, -0.05) is 30.3 Å². The Morgan fingerprint density at radius 1 is 1.00 bits per heavy atom. The molecular weight excluding hydrogens is 296 g/mol. The second-order valence-electron chi connectivity index (χ2n) is 5.83. The molecule has 0 atom stereocenters. The number of benzene rings is 2. The predicted octanol–water partition coefficient (Wildman–Crippen LogP) is 2.61. The third-order valence-electron chi connectivity index (χ3n) is 4.10. The van der Waals surface area contributed by atoms with Crippen molar-refractivity contribution in [3.63, 3.8) is 0 Å². The Bertz CT molecular complexity index is 676. The van der Waals surface area contributed by atoms with Crippen molar-refractivity contribution in [1.29, 1.82) is 0 Å². The Balaban J connectivity index is 1.52. The van der Waals surface area contributed by atoms with E-state index in [4.69, 9.17) is 0 Å². The number of hydrogen-bond donors (Lipinski definition) is 2. The summed E-state index contributed by atoms with van der Waals surface area (Å²) < 4.78 is 26.4. The Morgan fingerprint density at radius 2 is 1.74 bits per heavy atom. The summed E-state index contributed by atoms with van der Waals surface area (Å²) in [5, 5.41) is 4.28. The first-order valence-electron chi connectivity index (χ1n) is 7.85. The van der Waals surface area contributed by atoms with Crippen LogP contribution in [0.3, 0.4) is 0 Å². The van der Waals surface area contributed by atoms with Crippen LogP contribution in [0.4, 0.5) is 14.5 Å². The van der Waals surface area contributed by atoms with Crippen molar-refractivity contribution >= 4 is 11.4 Å². The van der Waals surface area contributed by atoms with E-state index in [1.165, 1.54) is 22.6 Å². The molecule has 3 nitrogen and oxygen atoms in total. The molecule has 0 aliphatic carbocycles. The van der Waals surface area contributed by atoms with Gasteiger partial charge in [0.15, 0.2) is 5.82 Å². The topological polar surface area (TPSA) is 28.8 Å². The van der Waals surface area contributed by atoms with E-state index in [0.717, 1.165) is 44.3 Å². The molecule has 5 heteroatoms. The normalized spacial score (nSPS) is 17.8. The van der Waals surface area contributed by atoms with E-state index in [-0.39, 0.29) is 5.69 Å². The van der Waals surface area contributed by atoms with Crippen molar-refractivity contribution in [2.75, 3.05) is 18.5 Å². The van der Waals surface area contributed by atoms with E-state index >= 15 is 0 Å². The van der Waals surface area contributed by atoms with Gasteiger partial charge in [0.05, 0.1) is 18.8 Å². The molecule has 1 fully saturated rings. The Morgan fingerprint density at radius 3 is 2.43 bits per heavy atom. The molecule has 1 saturated heterocycles. The molecule has 2 aromatic rings. The lowest BCUT2D eigenvalue weighted by Gasteiger charge is -2.24. The van der Waals surface area contributed by atoms with Crippen LogP contribution in [0, 0.1) is 11.6 Å². The molecular formula is C18H20F2N3+. The number of likely N-dealkylation sites (tertiary alicyclic amines) is 1. The summed E-state index contributed by atoms with van der Waals surface area (Å²) in [7, 11) is 0. The summed E-state index contributed by atoms with van der Waals surface area (Å²) in [6, 6.07) is 13.9. The lowest BCUT2D eigenvalue weighted by atomic mass is 10.1. The van der Waals surface area contributed by atoms with Crippen LogP contribution in [0.5, 0.6) is 0 Å². The van der Waals surface area contributed by atoms with Gasteiger partial charge in [0, 0.05) is 30.2 Å². The first-order chi connectivity index (χ1) is 11.2. The van der Waals surface area contributed by atoms with Crippen molar-refractivity contribution in [2.45, 2.75) is 19.4 Å². The van der Waals surface area contributed by atoms with Gasteiger partial charge in [-0.05, 0) is 12.1 Å². The van der Waals surface area contributed by atoms with E-state index in [0.29, 0.717) is 0 Å². The van der Waals surface area contributed by atoms with Crippen molar-refractivity contribution in [3.05, 3.63) is 65.7 Å². The largest absolute Gasteiger partial charge is 0.331 e. The SMILES string of the molecule is Fc1ccc(NN=C2CC[NH+](Cc3ccccc3)CC2)c(F)c1. The summed E-state index contributed by atoms with van der Waals surface area (Å²) >= 11 is 0. The minimum atomic E-state index is -0.624. The molecule has 23 heavy (non-hydrogen) atoms. The van der Waals surface area contributed by atoms with Crippen LogP contribution in [0.1, 0.15) is 18.4 Å². The highest BCUT2D eigenvalue weighted by molar-refractivity contribution is 5.85. The fourth-order valence-corrected chi connectivity index (χ4v) is 2.78. The Hall–Kier alpha value is -2.27. The number of nitrogens with zero attached hydrogens (tertiary/aromatic N) is 1. The van der Waals surface area contributed by atoms with E-state index in [2.05, 4.69) is 34.8 Å². The van der Waals surface area contributed by atoms with Gasteiger partial charge >= 0.3 is 0 Å². The second kappa shape index (κ2) is 7.33. The number of hydrazone groups is 1. The maximum atomic E-state index is 13.5. The molecule has 0 unspecified atom stereocenters. The second-order valence-corrected chi connectivity index (χ2v) is 5.83. The molecule has 120 valence electrons. The number of hydrogen-bond acceptors (Lipinski definition) is 2. The van der Waals surface area contributed by atoms with Crippen molar-refractivity contribution in [3.8, 4) is 0 Å². The molecule has 2 aromatic carbocycles. The fraction of sp³-hybridized carbons (Fsp3) is 0.278. The standard InChI is InChI=1S/C18H19F2N3/c19-15-6-7-18(17(20)12-15)22-21-16-8-10-23(11-9-16)13-14-4-2-1-3-5-14/h1-7,12,22H,8-11,13H2/p+1. The highest BCUT2D eigenvalue weighted by Gasteiger charge is 2.18. The average molecular weight is 316 g/mol. The third kappa shape index (κ3) is 4.36. The zero-order chi connectivity index (χ0) is 16.1.